The third-order valence-electron chi connectivity index (χ3n) is 4.49. The van der Waals surface area contributed by atoms with E-state index >= 15 is 0 Å². The molecule has 1 aliphatic heterocycles. The van der Waals surface area contributed by atoms with E-state index in [1.54, 1.807) is 6.08 Å². The number of carboxylic acid groups (broad SMARTS) is 1. The lowest BCUT2D eigenvalue weighted by Crippen LogP contribution is -2.33. The van der Waals surface area contributed by atoms with Crippen molar-refractivity contribution in [2.45, 2.75) is 52.4 Å². The first-order valence-electron chi connectivity index (χ1n) is 10.3. The fraction of sp³-hybridized carbons (Fsp3) is 0.500. The summed E-state index contributed by atoms with van der Waals surface area (Å²) in [5, 5.41) is 8.94. The van der Waals surface area contributed by atoms with Crippen LogP contribution in [0.1, 0.15) is 57.9 Å². The van der Waals surface area contributed by atoms with E-state index in [1.165, 1.54) is 25.7 Å². The van der Waals surface area contributed by atoms with E-state index < -0.39 is 18.4 Å². The number of hydrogen-bond acceptors (Lipinski definition) is 6. The summed E-state index contributed by atoms with van der Waals surface area (Å²) in [6.07, 6.45) is 8.88. The summed E-state index contributed by atoms with van der Waals surface area (Å²) in [5.41, 5.74) is 0.765. The van der Waals surface area contributed by atoms with Crippen molar-refractivity contribution in [3.8, 4) is 11.5 Å². The van der Waals surface area contributed by atoms with Crippen molar-refractivity contribution >= 4 is 46.3 Å². The molecule has 0 spiro atoms. The summed E-state index contributed by atoms with van der Waals surface area (Å²) in [7, 11) is 0. The zero-order chi connectivity index (χ0) is 21.9. The highest BCUT2D eigenvalue weighted by molar-refractivity contribution is 8.26. The lowest BCUT2D eigenvalue weighted by molar-refractivity contribution is -0.140. The van der Waals surface area contributed by atoms with Crippen molar-refractivity contribution in [2.24, 2.45) is 0 Å². The quantitative estimate of drug-likeness (QED) is 0.254. The number of carboxylic acids is 1. The van der Waals surface area contributed by atoms with E-state index in [9.17, 15) is 9.59 Å². The predicted molar refractivity (Wildman–Crippen MR) is 124 cm³/mol. The van der Waals surface area contributed by atoms with Gasteiger partial charge in [0.2, 0.25) is 0 Å². The second-order valence-electron chi connectivity index (χ2n) is 6.92. The normalized spacial score (nSPS) is 15.1. The second kappa shape index (κ2) is 12.6. The summed E-state index contributed by atoms with van der Waals surface area (Å²) in [6.45, 7) is 4.81. The van der Waals surface area contributed by atoms with Crippen LogP contribution in [0.5, 0.6) is 11.5 Å². The van der Waals surface area contributed by atoms with Crippen molar-refractivity contribution in [1.82, 2.24) is 4.90 Å². The number of benzene rings is 1. The molecule has 0 aliphatic carbocycles. The molecule has 0 bridgehead atoms. The number of nitrogens with zero attached hydrogens (tertiary/aromatic N) is 1. The number of hydrogen-bond donors (Lipinski definition) is 1. The Morgan fingerprint density at radius 3 is 2.57 bits per heavy atom. The second-order valence-corrected chi connectivity index (χ2v) is 8.59. The molecule has 1 fully saturated rings. The number of carbonyl (C=O) groups is 2. The van der Waals surface area contributed by atoms with Gasteiger partial charge in [-0.15, -0.1) is 0 Å². The lowest BCUT2D eigenvalue weighted by Gasteiger charge is -2.13. The Balaban J connectivity index is 2.02. The number of rotatable bonds is 13. The number of aliphatic carboxylic acids is 1. The summed E-state index contributed by atoms with van der Waals surface area (Å²) < 4.78 is 11.9. The molecule has 164 valence electrons. The van der Waals surface area contributed by atoms with Gasteiger partial charge in [0.15, 0.2) is 11.5 Å². The molecule has 30 heavy (non-hydrogen) atoms. The van der Waals surface area contributed by atoms with Crippen LogP contribution >= 0.6 is 24.0 Å². The minimum absolute atomic E-state index is 0.248. The minimum atomic E-state index is -1.10. The van der Waals surface area contributed by atoms with Crippen molar-refractivity contribution < 1.29 is 24.2 Å². The lowest BCUT2D eigenvalue weighted by atomic mass is 10.1. The Hall–Kier alpha value is -2.06. The zero-order valence-electron chi connectivity index (χ0n) is 17.5. The maximum absolute atomic E-state index is 12.4. The van der Waals surface area contributed by atoms with Crippen LogP contribution in [0.25, 0.3) is 6.08 Å². The number of amides is 1. The fourth-order valence-corrected chi connectivity index (χ4v) is 4.24. The van der Waals surface area contributed by atoms with E-state index in [0.29, 0.717) is 29.6 Å². The zero-order valence-corrected chi connectivity index (χ0v) is 19.2. The molecule has 1 aliphatic rings. The minimum Gasteiger partial charge on any atom is -0.490 e. The topological polar surface area (TPSA) is 76.1 Å². The van der Waals surface area contributed by atoms with Crippen LogP contribution in [0.2, 0.25) is 0 Å². The molecule has 0 aromatic heterocycles. The van der Waals surface area contributed by atoms with E-state index in [0.717, 1.165) is 35.1 Å². The van der Waals surface area contributed by atoms with Crippen LogP contribution in [-0.4, -0.2) is 46.0 Å². The van der Waals surface area contributed by atoms with Crippen LogP contribution < -0.4 is 9.47 Å². The molecular formula is C22H29NO5S2. The van der Waals surface area contributed by atoms with Gasteiger partial charge in [-0.2, -0.15) is 0 Å². The third-order valence-corrected chi connectivity index (χ3v) is 5.87. The fourth-order valence-electron chi connectivity index (χ4n) is 2.99. The van der Waals surface area contributed by atoms with E-state index in [4.69, 9.17) is 26.8 Å². The highest BCUT2D eigenvalue weighted by Crippen LogP contribution is 2.34. The van der Waals surface area contributed by atoms with Crippen LogP contribution in [0.15, 0.2) is 23.1 Å². The van der Waals surface area contributed by atoms with E-state index in [1.807, 2.05) is 25.1 Å². The number of thiocarbonyl (C=S) groups is 1. The van der Waals surface area contributed by atoms with Crippen molar-refractivity contribution in [3.05, 3.63) is 28.7 Å². The Morgan fingerprint density at radius 1 is 1.13 bits per heavy atom. The van der Waals surface area contributed by atoms with Crippen molar-refractivity contribution in [3.63, 3.8) is 0 Å². The van der Waals surface area contributed by atoms with Gasteiger partial charge in [0.25, 0.3) is 5.91 Å². The third kappa shape index (κ3) is 7.32. The van der Waals surface area contributed by atoms with Gasteiger partial charge in [-0.25, -0.2) is 0 Å². The van der Waals surface area contributed by atoms with Gasteiger partial charge >= 0.3 is 5.97 Å². The number of ether oxygens (including phenoxy) is 2. The molecular weight excluding hydrogens is 422 g/mol. The Bertz CT molecular complexity index is 794. The molecule has 2 rings (SSSR count). The molecule has 0 unspecified atom stereocenters. The molecule has 6 nitrogen and oxygen atoms in total. The van der Waals surface area contributed by atoms with E-state index in [-0.39, 0.29) is 4.32 Å². The number of carbonyl (C=O) groups excluding carboxylic acids is 1. The monoisotopic (exact) mass is 451 g/mol. The maximum atomic E-state index is 12.4. The first-order chi connectivity index (χ1) is 14.5. The molecule has 1 N–H and O–H groups in total. The Morgan fingerprint density at radius 2 is 1.87 bits per heavy atom. The predicted octanol–water partition coefficient (Wildman–Crippen LogP) is 5.11. The van der Waals surface area contributed by atoms with Crippen LogP contribution in [0, 0.1) is 0 Å². The SMILES string of the molecule is CCCCCCCCOc1ccc(/C=C2/SC(=S)N(CC(=O)O)C2=O)cc1OCC. The Labute approximate surface area is 187 Å². The van der Waals surface area contributed by atoms with Gasteiger partial charge in [0.1, 0.15) is 10.9 Å². The van der Waals surface area contributed by atoms with E-state index in [2.05, 4.69) is 6.92 Å². The smallest absolute Gasteiger partial charge is 0.323 e. The van der Waals surface area contributed by atoms with Gasteiger partial charge in [0.05, 0.1) is 18.1 Å². The van der Waals surface area contributed by atoms with Crippen molar-refractivity contribution in [1.29, 1.82) is 0 Å². The molecule has 1 aromatic rings. The molecule has 0 atom stereocenters. The van der Waals surface area contributed by atoms with Gasteiger partial charge in [-0.1, -0.05) is 69.1 Å². The van der Waals surface area contributed by atoms with Gasteiger partial charge in [0, 0.05) is 0 Å². The molecule has 0 radical (unpaired) electrons. The van der Waals surface area contributed by atoms with Crippen LogP contribution in [-0.2, 0) is 9.59 Å². The summed E-state index contributed by atoms with van der Waals surface area (Å²) in [6, 6.07) is 5.51. The molecule has 1 amide bonds. The molecule has 0 saturated carbocycles. The van der Waals surface area contributed by atoms with Crippen molar-refractivity contribution in [2.75, 3.05) is 19.8 Å². The summed E-state index contributed by atoms with van der Waals surface area (Å²) in [4.78, 5) is 24.8. The number of thioether (sulfide) groups is 1. The average Bonchev–Trinajstić information content (AvgIpc) is 2.96. The largest absolute Gasteiger partial charge is 0.490 e. The first-order valence-corrected chi connectivity index (χ1v) is 11.6. The summed E-state index contributed by atoms with van der Waals surface area (Å²) >= 11 is 6.23. The molecule has 1 saturated heterocycles. The summed E-state index contributed by atoms with van der Waals surface area (Å²) in [5.74, 6) is -0.189. The molecule has 1 aromatic carbocycles. The molecule has 8 heteroatoms. The molecule has 1 heterocycles. The maximum Gasteiger partial charge on any atom is 0.323 e. The highest BCUT2D eigenvalue weighted by Gasteiger charge is 2.33. The standard InChI is InChI=1S/C22H29NO5S2/c1-3-5-6-7-8-9-12-28-17-11-10-16(13-18(17)27-4-2)14-19-21(26)23(15-20(24)25)22(29)30-19/h10-11,13-14H,3-9,12,15H2,1-2H3,(H,24,25)/b19-14+. The first kappa shape index (κ1) is 24.2. The van der Waals surface area contributed by atoms with Crippen LogP contribution in [0.4, 0.5) is 0 Å². The highest BCUT2D eigenvalue weighted by atomic mass is 32.2. The average molecular weight is 452 g/mol. The van der Waals surface area contributed by atoms with Gasteiger partial charge in [-0.3, -0.25) is 14.5 Å². The van der Waals surface area contributed by atoms with Gasteiger partial charge in [-0.05, 0) is 37.1 Å². The van der Waals surface area contributed by atoms with Crippen LogP contribution in [0.3, 0.4) is 0 Å². The Kier molecular flexibility index (Phi) is 10.2. The number of unbranched alkanes of at least 4 members (excludes halogenated alkanes) is 5. The van der Waals surface area contributed by atoms with Gasteiger partial charge < -0.3 is 14.6 Å².